The third-order valence-corrected chi connectivity index (χ3v) is 5.54. The normalized spacial score (nSPS) is 13.7. The second kappa shape index (κ2) is 9.82. The van der Waals surface area contributed by atoms with Gasteiger partial charge in [-0.1, -0.05) is 20.3 Å². The molecule has 2 aromatic rings. The standard InChI is InChI=1S/C22H32N4O2/c1-3-5-13-25(4-2)14-8-12-23-21(27)17-10-11-18-19(16-17)24-20-9-6-7-15-26(20)22(18)28/h10-11,16H,3-9,12-15H2,1-2H3,(H,23,27). The van der Waals surface area contributed by atoms with Crippen LogP contribution in [0.5, 0.6) is 0 Å². The van der Waals surface area contributed by atoms with Crippen molar-refractivity contribution in [1.82, 2.24) is 19.8 Å². The number of aromatic nitrogens is 2. The van der Waals surface area contributed by atoms with Gasteiger partial charge in [0.05, 0.1) is 10.9 Å². The summed E-state index contributed by atoms with van der Waals surface area (Å²) in [6.07, 6.45) is 6.27. The van der Waals surface area contributed by atoms with Crippen LogP contribution in [-0.2, 0) is 13.0 Å². The topological polar surface area (TPSA) is 67.2 Å². The molecule has 152 valence electrons. The lowest BCUT2D eigenvalue weighted by molar-refractivity contribution is 0.0952. The summed E-state index contributed by atoms with van der Waals surface area (Å²) in [5.74, 6) is 0.742. The molecule has 1 amide bonds. The molecule has 1 N–H and O–H groups in total. The Balaban J connectivity index is 1.62. The highest BCUT2D eigenvalue weighted by Crippen LogP contribution is 2.16. The molecule has 0 saturated carbocycles. The van der Waals surface area contributed by atoms with Gasteiger partial charge in [-0.15, -0.1) is 0 Å². The second-order valence-corrected chi connectivity index (χ2v) is 7.57. The summed E-state index contributed by atoms with van der Waals surface area (Å²) in [5.41, 5.74) is 1.21. The van der Waals surface area contributed by atoms with Gasteiger partial charge in [0.15, 0.2) is 0 Å². The number of nitrogens with zero attached hydrogens (tertiary/aromatic N) is 3. The zero-order valence-electron chi connectivity index (χ0n) is 17.2. The second-order valence-electron chi connectivity index (χ2n) is 7.57. The van der Waals surface area contributed by atoms with Crippen LogP contribution < -0.4 is 10.9 Å². The van der Waals surface area contributed by atoms with E-state index >= 15 is 0 Å². The molecule has 0 fully saturated rings. The van der Waals surface area contributed by atoms with Crippen LogP contribution in [0, 0.1) is 0 Å². The van der Waals surface area contributed by atoms with Crippen LogP contribution in [-0.4, -0.2) is 46.5 Å². The molecule has 0 unspecified atom stereocenters. The Morgan fingerprint density at radius 1 is 1.21 bits per heavy atom. The first-order valence-corrected chi connectivity index (χ1v) is 10.7. The number of amides is 1. The number of carbonyl (C=O) groups is 1. The molecule has 6 heteroatoms. The average molecular weight is 385 g/mol. The Labute approximate surface area is 166 Å². The first kappa shape index (κ1) is 20.5. The zero-order valence-corrected chi connectivity index (χ0v) is 17.2. The van der Waals surface area contributed by atoms with Gasteiger partial charge in [-0.3, -0.25) is 14.2 Å². The third-order valence-electron chi connectivity index (χ3n) is 5.54. The summed E-state index contributed by atoms with van der Waals surface area (Å²) < 4.78 is 1.78. The molecule has 1 aliphatic heterocycles. The molecule has 6 nitrogen and oxygen atoms in total. The molecule has 1 aliphatic rings. The number of hydrogen-bond donors (Lipinski definition) is 1. The van der Waals surface area contributed by atoms with E-state index in [1.54, 1.807) is 22.8 Å². The molecule has 1 aromatic heterocycles. The number of carbonyl (C=O) groups excluding carboxylic acids is 1. The molecule has 3 rings (SSSR count). The van der Waals surface area contributed by atoms with Crippen molar-refractivity contribution >= 4 is 16.8 Å². The van der Waals surface area contributed by atoms with Gasteiger partial charge in [0.1, 0.15) is 5.82 Å². The maximum absolute atomic E-state index is 12.7. The molecular formula is C22H32N4O2. The SMILES string of the molecule is CCCCN(CC)CCCNC(=O)c1ccc2c(=O)n3c(nc2c1)CCCC3. The molecular weight excluding hydrogens is 352 g/mol. The van der Waals surface area contributed by atoms with Crippen LogP contribution in [0.4, 0.5) is 0 Å². The van der Waals surface area contributed by atoms with Crippen LogP contribution in [0.25, 0.3) is 10.9 Å². The molecule has 0 aliphatic carbocycles. The van der Waals surface area contributed by atoms with E-state index in [2.05, 4.69) is 29.0 Å². The predicted octanol–water partition coefficient (Wildman–Crippen LogP) is 2.97. The van der Waals surface area contributed by atoms with Crippen molar-refractivity contribution in [2.45, 2.75) is 58.9 Å². The zero-order chi connectivity index (χ0) is 19.9. The van der Waals surface area contributed by atoms with Gasteiger partial charge < -0.3 is 10.2 Å². The van der Waals surface area contributed by atoms with E-state index in [9.17, 15) is 9.59 Å². The minimum Gasteiger partial charge on any atom is -0.352 e. The van der Waals surface area contributed by atoms with Gasteiger partial charge in [-0.05, 0) is 63.5 Å². The van der Waals surface area contributed by atoms with Gasteiger partial charge >= 0.3 is 0 Å². The van der Waals surface area contributed by atoms with Crippen molar-refractivity contribution in [3.63, 3.8) is 0 Å². The fourth-order valence-corrected chi connectivity index (χ4v) is 3.80. The predicted molar refractivity (Wildman–Crippen MR) is 113 cm³/mol. The number of rotatable bonds is 9. The third kappa shape index (κ3) is 4.79. The van der Waals surface area contributed by atoms with Crippen molar-refractivity contribution in [2.24, 2.45) is 0 Å². The number of hydrogen-bond acceptors (Lipinski definition) is 4. The first-order chi connectivity index (χ1) is 13.6. The summed E-state index contributed by atoms with van der Waals surface area (Å²) in [4.78, 5) is 32.2. The van der Waals surface area contributed by atoms with Gasteiger partial charge in [0.2, 0.25) is 0 Å². The maximum Gasteiger partial charge on any atom is 0.261 e. The smallest absolute Gasteiger partial charge is 0.261 e. The lowest BCUT2D eigenvalue weighted by Gasteiger charge is -2.20. The summed E-state index contributed by atoms with van der Waals surface area (Å²) in [5, 5.41) is 3.59. The van der Waals surface area contributed by atoms with Crippen LogP contribution in [0.1, 0.15) is 62.1 Å². The monoisotopic (exact) mass is 384 g/mol. The Hall–Kier alpha value is -2.21. The van der Waals surface area contributed by atoms with E-state index in [0.717, 1.165) is 57.7 Å². The summed E-state index contributed by atoms with van der Waals surface area (Å²) in [7, 11) is 0. The van der Waals surface area contributed by atoms with Crippen LogP contribution >= 0.6 is 0 Å². The molecule has 28 heavy (non-hydrogen) atoms. The number of aryl methyl sites for hydroxylation is 1. The number of nitrogens with one attached hydrogen (secondary N) is 1. The lowest BCUT2D eigenvalue weighted by atomic mass is 10.1. The van der Waals surface area contributed by atoms with E-state index < -0.39 is 0 Å². The maximum atomic E-state index is 12.7. The summed E-state index contributed by atoms with van der Waals surface area (Å²) in [6.45, 7) is 8.95. The molecule has 0 atom stereocenters. The first-order valence-electron chi connectivity index (χ1n) is 10.7. The van der Waals surface area contributed by atoms with E-state index in [1.165, 1.54) is 12.8 Å². The fourth-order valence-electron chi connectivity index (χ4n) is 3.80. The minimum absolute atomic E-state index is 0.0124. The highest BCUT2D eigenvalue weighted by Gasteiger charge is 2.16. The van der Waals surface area contributed by atoms with Crippen molar-refractivity contribution in [3.8, 4) is 0 Å². The van der Waals surface area contributed by atoms with Crippen molar-refractivity contribution in [1.29, 1.82) is 0 Å². The highest BCUT2D eigenvalue weighted by molar-refractivity contribution is 5.97. The fraction of sp³-hybridized carbons (Fsp3) is 0.591. The molecule has 2 heterocycles. The summed E-state index contributed by atoms with van der Waals surface area (Å²) in [6, 6.07) is 5.22. The Morgan fingerprint density at radius 2 is 2.04 bits per heavy atom. The Bertz CT molecular complexity index is 875. The van der Waals surface area contributed by atoms with Crippen LogP contribution in [0.2, 0.25) is 0 Å². The molecule has 0 saturated heterocycles. The van der Waals surface area contributed by atoms with E-state index in [4.69, 9.17) is 0 Å². The number of benzene rings is 1. The van der Waals surface area contributed by atoms with Gasteiger partial charge in [0.25, 0.3) is 11.5 Å². The van der Waals surface area contributed by atoms with E-state index in [1.807, 2.05) is 0 Å². The lowest BCUT2D eigenvalue weighted by Crippen LogP contribution is -2.31. The van der Waals surface area contributed by atoms with E-state index in [-0.39, 0.29) is 11.5 Å². The Kier molecular flexibility index (Phi) is 7.20. The Morgan fingerprint density at radius 3 is 2.82 bits per heavy atom. The molecule has 0 bridgehead atoms. The van der Waals surface area contributed by atoms with Gasteiger partial charge in [0, 0.05) is 25.1 Å². The van der Waals surface area contributed by atoms with Crippen LogP contribution in [0.15, 0.2) is 23.0 Å². The number of unbranched alkanes of at least 4 members (excludes halogenated alkanes) is 1. The highest BCUT2D eigenvalue weighted by atomic mass is 16.1. The molecule has 1 aromatic carbocycles. The summed E-state index contributed by atoms with van der Waals surface area (Å²) >= 11 is 0. The average Bonchev–Trinajstić information content (AvgIpc) is 2.73. The van der Waals surface area contributed by atoms with Crippen molar-refractivity contribution < 1.29 is 4.79 Å². The minimum atomic E-state index is -0.0990. The molecule has 0 spiro atoms. The molecule has 0 radical (unpaired) electrons. The van der Waals surface area contributed by atoms with Crippen LogP contribution in [0.3, 0.4) is 0 Å². The largest absolute Gasteiger partial charge is 0.352 e. The quantitative estimate of drug-likeness (QED) is 0.675. The van der Waals surface area contributed by atoms with Gasteiger partial charge in [-0.25, -0.2) is 4.98 Å². The van der Waals surface area contributed by atoms with Crippen molar-refractivity contribution in [3.05, 3.63) is 39.9 Å². The van der Waals surface area contributed by atoms with Crippen molar-refractivity contribution in [2.75, 3.05) is 26.2 Å². The van der Waals surface area contributed by atoms with E-state index in [0.29, 0.717) is 23.0 Å². The van der Waals surface area contributed by atoms with Gasteiger partial charge in [-0.2, -0.15) is 0 Å². The number of fused-ring (bicyclic) bond motifs is 2.